The molecule has 0 aliphatic carbocycles. The van der Waals surface area contributed by atoms with E-state index >= 15 is 0 Å². The zero-order chi connectivity index (χ0) is 22.5. The van der Waals surface area contributed by atoms with Gasteiger partial charge >= 0.3 is 0 Å². The van der Waals surface area contributed by atoms with E-state index in [4.69, 9.17) is 5.10 Å². The number of carbonyl (C=O) groups is 1. The van der Waals surface area contributed by atoms with Crippen molar-refractivity contribution >= 4 is 5.91 Å². The number of hydrogen-bond donors (Lipinski definition) is 1. The van der Waals surface area contributed by atoms with Crippen LogP contribution >= 0.6 is 0 Å². The van der Waals surface area contributed by atoms with Crippen molar-refractivity contribution in [1.29, 1.82) is 0 Å². The fourth-order valence-corrected chi connectivity index (χ4v) is 3.76. The quantitative estimate of drug-likeness (QED) is 0.404. The van der Waals surface area contributed by atoms with Crippen LogP contribution in [0.5, 0.6) is 0 Å². The van der Waals surface area contributed by atoms with Gasteiger partial charge in [0, 0.05) is 41.8 Å². The molecule has 5 rings (SSSR count). The molecule has 0 aliphatic rings. The molecule has 0 fully saturated rings. The highest BCUT2D eigenvalue weighted by Crippen LogP contribution is 2.23. The van der Waals surface area contributed by atoms with Gasteiger partial charge in [0.2, 0.25) is 0 Å². The smallest absolute Gasteiger partial charge is 0.251 e. The first kappa shape index (κ1) is 20.5. The van der Waals surface area contributed by atoms with Crippen molar-refractivity contribution in [2.45, 2.75) is 13.1 Å². The highest BCUT2D eigenvalue weighted by molar-refractivity contribution is 5.94. The van der Waals surface area contributed by atoms with Gasteiger partial charge in [-0.2, -0.15) is 10.2 Å². The van der Waals surface area contributed by atoms with Crippen molar-refractivity contribution < 1.29 is 4.79 Å². The van der Waals surface area contributed by atoms with Crippen LogP contribution in [0.25, 0.3) is 16.9 Å². The Morgan fingerprint density at radius 3 is 2.42 bits per heavy atom. The second kappa shape index (κ2) is 9.36. The number of carbonyl (C=O) groups excluding carboxylic acids is 1. The summed E-state index contributed by atoms with van der Waals surface area (Å²) in [7, 11) is 0. The van der Waals surface area contributed by atoms with E-state index < -0.39 is 0 Å². The topological polar surface area (TPSA) is 64.7 Å². The predicted molar refractivity (Wildman–Crippen MR) is 128 cm³/mol. The van der Waals surface area contributed by atoms with Crippen molar-refractivity contribution in [3.05, 3.63) is 126 Å². The van der Waals surface area contributed by atoms with Gasteiger partial charge in [0.05, 0.1) is 17.9 Å². The molecule has 1 N–H and O–H groups in total. The summed E-state index contributed by atoms with van der Waals surface area (Å²) in [6.45, 7) is 0.995. The maximum atomic E-state index is 12.9. The molecule has 0 saturated heterocycles. The molecule has 5 aromatic rings. The largest absolute Gasteiger partial charge is 0.348 e. The van der Waals surface area contributed by atoms with Gasteiger partial charge in [-0.3, -0.25) is 9.48 Å². The normalized spacial score (nSPS) is 10.8. The van der Waals surface area contributed by atoms with E-state index in [1.165, 1.54) is 0 Å². The minimum absolute atomic E-state index is 0.121. The van der Waals surface area contributed by atoms with Crippen molar-refractivity contribution in [2.24, 2.45) is 0 Å². The molecule has 1 amide bonds. The standard InChI is InChI=1S/C27H23N5O/c33-27(23-12-7-9-21(17-23)19-31-16-8-15-29-31)28-18-24-20-32(25-13-5-2-6-14-25)30-26(24)22-10-3-1-4-11-22/h1-17,20H,18-19H2,(H,28,33). The monoisotopic (exact) mass is 433 g/mol. The third-order valence-electron chi connectivity index (χ3n) is 5.39. The second-order valence-electron chi connectivity index (χ2n) is 7.74. The van der Waals surface area contributed by atoms with Crippen molar-refractivity contribution in [2.75, 3.05) is 0 Å². The van der Waals surface area contributed by atoms with Crippen molar-refractivity contribution in [3.63, 3.8) is 0 Å². The van der Waals surface area contributed by atoms with Crippen LogP contribution in [-0.2, 0) is 13.1 Å². The fraction of sp³-hybridized carbons (Fsp3) is 0.0741. The molecule has 0 bridgehead atoms. The number of nitrogens with zero attached hydrogens (tertiary/aromatic N) is 4. The highest BCUT2D eigenvalue weighted by Gasteiger charge is 2.14. The fourth-order valence-electron chi connectivity index (χ4n) is 3.76. The lowest BCUT2D eigenvalue weighted by atomic mass is 10.1. The van der Waals surface area contributed by atoms with Crippen LogP contribution in [0.2, 0.25) is 0 Å². The van der Waals surface area contributed by atoms with Crippen LogP contribution in [0.4, 0.5) is 0 Å². The highest BCUT2D eigenvalue weighted by atomic mass is 16.1. The zero-order valence-corrected chi connectivity index (χ0v) is 18.0. The van der Waals surface area contributed by atoms with Crippen LogP contribution in [-0.4, -0.2) is 25.5 Å². The Bertz CT molecular complexity index is 1340. The van der Waals surface area contributed by atoms with E-state index in [0.717, 1.165) is 28.1 Å². The van der Waals surface area contributed by atoms with Crippen LogP contribution in [0.3, 0.4) is 0 Å². The molecular formula is C27H23N5O. The summed E-state index contributed by atoms with van der Waals surface area (Å²) in [5.41, 5.74) is 5.43. The molecular weight excluding hydrogens is 410 g/mol. The summed E-state index contributed by atoms with van der Waals surface area (Å²) in [6.07, 6.45) is 5.63. The molecule has 0 aliphatic heterocycles. The first-order valence-corrected chi connectivity index (χ1v) is 10.8. The number of rotatable bonds is 7. The summed E-state index contributed by atoms with van der Waals surface area (Å²) in [5, 5.41) is 12.1. The first-order valence-electron chi connectivity index (χ1n) is 10.8. The van der Waals surface area contributed by atoms with Gasteiger partial charge in [0.15, 0.2) is 0 Å². The number of aromatic nitrogens is 4. The molecule has 6 heteroatoms. The van der Waals surface area contributed by atoms with E-state index in [1.54, 1.807) is 6.20 Å². The van der Waals surface area contributed by atoms with Crippen LogP contribution in [0, 0.1) is 0 Å². The molecule has 0 unspecified atom stereocenters. The molecule has 2 heterocycles. The Labute approximate surface area is 192 Å². The van der Waals surface area contributed by atoms with Gasteiger partial charge in [-0.1, -0.05) is 60.7 Å². The number of para-hydroxylation sites is 1. The maximum Gasteiger partial charge on any atom is 0.251 e. The first-order chi connectivity index (χ1) is 16.3. The van der Waals surface area contributed by atoms with Gasteiger partial charge in [-0.05, 0) is 35.9 Å². The van der Waals surface area contributed by atoms with E-state index in [0.29, 0.717) is 18.7 Å². The molecule has 0 radical (unpaired) electrons. The molecule has 3 aromatic carbocycles. The molecule has 0 saturated carbocycles. The zero-order valence-electron chi connectivity index (χ0n) is 18.0. The van der Waals surface area contributed by atoms with E-state index in [-0.39, 0.29) is 5.91 Å². The third-order valence-corrected chi connectivity index (χ3v) is 5.39. The lowest BCUT2D eigenvalue weighted by Crippen LogP contribution is -2.23. The van der Waals surface area contributed by atoms with Gasteiger partial charge in [0.1, 0.15) is 0 Å². The lowest BCUT2D eigenvalue weighted by Gasteiger charge is -2.08. The van der Waals surface area contributed by atoms with E-state index in [2.05, 4.69) is 10.4 Å². The summed E-state index contributed by atoms with van der Waals surface area (Å²) in [5.74, 6) is -0.121. The predicted octanol–water partition coefficient (Wildman–Crippen LogP) is 4.71. The molecule has 162 valence electrons. The summed E-state index contributed by atoms with van der Waals surface area (Å²) in [4.78, 5) is 12.9. The SMILES string of the molecule is O=C(NCc1cn(-c2ccccc2)nc1-c1ccccc1)c1cccc(Cn2cccn2)c1. The Balaban J connectivity index is 1.37. The molecule has 0 atom stereocenters. The molecule has 0 spiro atoms. The number of benzene rings is 3. The summed E-state index contributed by atoms with van der Waals surface area (Å²) in [6, 6.07) is 29.5. The Morgan fingerprint density at radius 1 is 0.879 bits per heavy atom. The van der Waals surface area contributed by atoms with Crippen molar-refractivity contribution in [3.8, 4) is 16.9 Å². The van der Waals surface area contributed by atoms with Crippen molar-refractivity contribution in [1.82, 2.24) is 24.9 Å². The van der Waals surface area contributed by atoms with Gasteiger partial charge in [-0.15, -0.1) is 0 Å². The number of hydrogen-bond acceptors (Lipinski definition) is 3. The number of amides is 1. The van der Waals surface area contributed by atoms with Gasteiger partial charge in [0.25, 0.3) is 5.91 Å². The van der Waals surface area contributed by atoms with Gasteiger partial charge < -0.3 is 5.32 Å². The minimum atomic E-state index is -0.121. The molecule has 33 heavy (non-hydrogen) atoms. The van der Waals surface area contributed by atoms with Crippen LogP contribution < -0.4 is 5.32 Å². The summed E-state index contributed by atoms with van der Waals surface area (Å²) < 4.78 is 3.69. The average molecular weight is 434 g/mol. The number of nitrogens with one attached hydrogen (secondary N) is 1. The molecule has 6 nitrogen and oxygen atoms in total. The molecule has 2 aromatic heterocycles. The maximum absolute atomic E-state index is 12.9. The van der Waals surface area contributed by atoms with Crippen LogP contribution in [0.15, 0.2) is 110 Å². The Morgan fingerprint density at radius 2 is 1.67 bits per heavy atom. The minimum Gasteiger partial charge on any atom is -0.348 e. The van der Waals surface area contributed by atoms with Gasteiger partial charge in [-0.25, -0.2) is 4.68 Å². The Kier molecular flexibility index (Phi) is 5.80. The van der Waals surface area contributed by atoms with Crippen LogP contribution in [0.1, 0.15) is 21.5 Å². The Hall–Kier alpha value is -4.45. The van der Waals surface area contributed by atoms with E-state index in [9.17, 15) is 4.79 Å². The third kappa shape index (κ3) is 4.75. The van der Waals surface area contributed by atoms with E-state index in [1.807, 2.05) is 113 Å². The summed E-state index contributed by atoms with van der Waals surface area (Å²) >= 11 is 0. The second-order valence-corrected chi connectivity index (χ2v) is 7.74. The average Bonchev–Trinajstić information content (AvgIpc) is 3.54. The lowest BCUT2D eigenvalue weighted by molar-refractivity contribution is 0.0951.